The lowest BCUT2D eigenvalue weighted by Crippen LogP contribution is -2.25. The number of benzene rings is 1. The number of allylic oxidation sites excluding steroid dienone is 1. The first-order chi connectivity index (χ1) is 14.0. The molecule has 1 aliphatic heterocycles. The lowest BCUT2D eigenvalue weighted by Gasteiger charge is -2.23. The second-order valence-corrected chi connectivity index (χ2v) is 7.82. The molecule has 0 N–H and O–H groups in total. The molecule has 1 aliphatic carbocycles. The lowest BCUT2D eigenvalue weighted by atomic mass is 9.84. The van der Waals surface area contributed by atoms with Crippen molar-refractivity contribution < 1.29 is 4.79 Å². The van der Waals surface area contributed by atoms with E-state index in [1.54, 1.807) is 24.5 Å². The van der Waals surface area contributed by atoms with Gasteiger partial charge in [-0.05, 0) is 35.9 Å². The van der Waals surface area contributed by atoms with Gasteiger partial charge in [0.15, 0.2) is 0 Å². The van der Waals surface area contributed by atoms with Crippen molar-refractivity contribution in [3.63, 3.8) is 0 Å². The van der Waals surface area contributed by atoms with Gasteiger partial charge in [0.05, 0.1) is 11.3 Å². The highest BCUT2D eigenvalue weighted by Crippen LogP contribution is 2.46. The van der Waals surface area contributed by atoms with Gasteiger partial charge in [0.2, 0.25) is 5.78 Å². The van der Waals surface area contributed by atoms with Gasteiger partial charge >= 0.3 is 0 Å². The molecule has 5 nitrogen and oxygen atoms in total. The molecule has 142 valence electrons. The quantitative estimate of drug-likeness (QED) is 0.628. The largest absolute Gasteiger partial charge is 0.346 e. The van der Waals surface area contributed by atoms with Crippen LogP contribution in [0.25, 0.3) is 11.4 Å². The molecule has 2 aliphatic rings. The molecule has 29 heavy (non-hydrogen) atoms. The van der Waals surface area contributed by atoms with Crippen molar-refractivity contribution >= 4 is 17.2 Å². The van der Waals surface area contributed by atoms with E-state index in [2.05, 4.69) is 46.9 Å². The number of ketones is 1. The van der Waals surface area contributed by atoms with Crippen molar-refractivity contribution in [1.29, 1.82) is 0 Å². The number of nitrogens with zero attached hydrogens (tertiary/aromatic N) is 4. The highest BCUT2D eigenvalue weighted by molar-refractivity contribution is 6.54. The van der Waals surface area contributed by atoms with Crippen molar-refractivity contribution in [2.45, 2.75) is 19.3 Å². The number of aliphatic imine (C=N–C) groups is 1. The standard InChI is InChI=1S/C24H20N4O/c1-24(2)17-10-4-5-11-18(17)28(3)19(24)14-27-22-15-8-6-12-25-20(15)21-16(23(22)29)9-7-13-26-21/h4-14H,1-3H3/b19-14-,27-22?. The monoisotopic (exact) mass is 380 g/mol. The van der Waals surface area contributed by atoms with Gasteiger partial charge in [-0.25, -0.2) is 0 Å². The average molecular weight is 380 g/mol. The Labute approximate surface area is 169 Å². The number of para-hydroxylation sites is 1. The van der Waals surface area contributed by atoms with Crippen LogP contribution in [0.5, 0.6) is 0 Å². The molecular weight excluding hydrogens is 360 g/mol. The molecule has 0 amide bonds. The van der Waals surface area contributed by atoms with Crippen LogP contribution in [0.4, 0.5) is 5.69 Å². The van der Waals surface area contributed by atoms with E-state index in [9.17, 15) is 4.79 Å². The van der Waals surface area contributed by atoms with Crippen LogP contribution in [0.3, 0.4) is 0 Å². The third-order valence-electron chi connectivity index (χ3n) is 5.81. The van der Waals surface area contributed by atoms with Crippen LogP contribution in [0.2, 0.25) is 0 Å². The van der Waals surface area contributed by atoms with Gasteiger partial charge in [-0.3, -0.25) is 19.8 Å². The highest BCUT2D eigenvalue weighted by atomic mass is 16.1. The minimum absolute atomic E-state index is 0.124. The predicted octanol–water partition coefficient (Wildman–Crippen LogP) is 4.40. The number of hydrogen-bond acceptors (Lipinski definition) is 5. The van der Waals surface area contributed by atoms with E-state index in [1.807, 2.05) is 31.4 Å². The zero-order chi connectivity index (χ0) is 20.2. The van der Waals surface area contributed by atoms with Gasteiger partial charge in [-0.1, -0.05) is 32.0 Å². The molecule has 0 spiro atoms. The van der Waals surface area contributed by atoms with Gasteiger partial charge < -0.3 is 4.90 Å². The molecule has 2 aromatic heterocycles. The number of carbonyl (C=O) groups is 1. The highest BCUT2D eigenvalue weighted by Gasteiger charge is 2.38. The van der Waals surface area contributed by atoms with E-state index in [-0.39, 0.29) is 11.2 Å². The normalized spacial score (nSPS) is 19.3. The molecule has 0 bridgehead atoms. The van der Waals surface area contributed by atoms with E-state index in [1.165, 1.54) is 5.56 Å². The van der Waals surface area contributed by atoms with Crippen molar-refractivity contribution in [2.75, 3.05) is 11.9 Å². The summed E-state index contributed by atoms with van der Waals surface area (Å²) in [5.41, 5.74) is 6.23. The molecule has 0 unspecified atom stereocenters. The number of aromatic nitrogens is 2. The number of anilines is 1. The summed E-state index contributed by atoms with van der Waals surface area (Å²) in [7, 11) is 2.04. The first-order valence-corrected chi connectivity index (χ1v) is 9.57. The number of fused-ring (bicyclic) bond motifs is 4. The molecule has 5 heteroatoms. The Kier molecular flexibility index (Phi) is 3.74. The number of pyridine rings is 2. The summed E-state index contributed by atoms with van der Waals surface area (Å²) >= 11 is 0. The third kappa shape index (κ3) is 2.47. The minimum Gasteiger partial charge on any atom is -0.346 e. The topological polar surface area (TPSA) is 58.5 Å². The number of hydrogen-bond donors (Lipinski definition) is 0. The van der Waals surface area contributed by atoms with Gasteiger partial charge in [0, 0.05) is 48.0 Å². The Balaban J connectivity index is 1.67. The van der Waals surface area contributed by atoms with Gasteiger partial charge in [0.25, 0.3) is 0 Å². The molecule has 1 aromatic carbocycles. The van der Waals surface area contributed by atoms with Crippen LogP contribution in [-0.2, 0) is 5.41 Å². The van der Waals surface area contributed by atoms with Crippen molar-refractivity contribution in [3.05, 3.63) is 89.5 Å². The summed E-state index contributed by atoms with van der Waals surface area (Å²) < 4.78 is 0. The second kappa shape index (κ2) is 6.21. The summed E-state index contributed by atoms with van der Waals surface area (Å²) in [5.74, 6) is -0.124. The summed E-state index contributed by atoms with van der Waals surface area (Å²) in [6, 6.07) is 15.6. The second-order valence-electron chi connectivity index (χ2n) is 7.82. The van der Waals surface area contributed by atoms with E-state index in [0.29, 0.717) is 22.7 Å². The molecule has 0 saturated carbocycles. The maximum absolute atomic E-state index is 13.2. The van der Waals surface area contributed by atoms with Crippen LogP contribution >= 0.6 is 0 Å². The SMILES string of the molecule is CN1/C(=C\N=C2C(=O)c3cccnc3-c3ncccc32)C(C)(C)c2ccccc21. The molecule has 5 rings (SSSR count). The van der Waals surface area contributed by atoms with Crippen LogP contribution in [0.15, 0.2) is 77.8 Å². The van der Waals surface area contributed by atoms with Crippen molar-refractivity contribution in [1.82, 2.24) is 9.97 Å². The van der Waals surface area contributed by atoms with E-state index < -0.39 is 0 Å². The number of rotatable bonds is 1. The zero-order valence-electron chi connectivity index (χ0n) is 16.5. The minimum atomic E-state index is -0.204. The smallest absolute Gasteiger partial charge is 0.214 e. The van der Waals surface area contributed by atoms with Gasteiger partial charge in [-0.2, -0.15) is 0 Å². The fourth-order valence-electron chi connectivity index (χ4n) is 4.30. The molecule has 0 radical (unpaired) electrons. The zero-order valence-corrected chi connectivity index (χ0v) is 16.5. The number of likely N-dealkylation sites (N-methyl/N-ethyl adjacent to an activating group) is 1. The number of carbonyl (C=O) groups excluding carboxylic acids is 1. The fourth-order valence-corrected chi connectivity index (χ4v) is 4.30. The van der Waals surface area contributed by atoms with E-state index >= 15 is 0 Å². The first kappa shape index (κ1) is 17.5. The summed E-state index contributed by atoms with van der Waals surface area (Å²) in [5, 5.41) is 0. The molecular formula is C24H20N4O. The molecule has 0 atom stereocenters. The van der Waals surface area contributed by atoms with Crippen LogP contribution in [-0.4, -0.2) is 28.5 Å². The molecule has 3 aromatic rings. The predicted molar refractivity (Wildman–Crippen MR) is 114 cm³/mol. The molecule has 3 heterocycles. The van der Waals surface area contributed by atoms with Gasteiger partial charge in [0.1, 0.15) is 11.4 Å². The van der Waals surface area contributed by atoms with Crippen LogP contribution < -0.4 is 4.90 Å². The Hall–Kier alpha value is -3.60. The maximum atomic E-state index is 13.2. The van der Waals surface area contributed by atoms with E-state index in [4.69, 9.17) is 4.99 Å². The Morgan fingerprint density at radius 2 is 1.59 bits per heavy atom. The molecule has 0 fully saturated rings. The van der Waals surface area contributed by atoms with Crippen LogP contribution in [0, 0.1) is 0 Å². The number of Topliss-reactive ketones (excluding diaryl/α,β-unsaturated/α-hetero) is 1. The van der Waals surface area contributed by atoms with Gasteiger partial charge in [-0.15, -0.1) is 0 Å². The summed E-state index contributed by atoms with van der Waals surface area (Å²) in [6.45, 7) is 4.36. The Morgan fingerprint density at radius 1 is 0.931 bits per heavy atom. The van der Waals surface area contributed by atoms with E-state index in [0.717, 1.165) is 16.9 Å². The summed E-state index contributed by atoms with van der Waals surface area (Å²) in [4.78, 5) is 28.9. The van der Waals surface area contributed by atoms with Crippen molar-refractivity contribution in [3.8, 4) is 11.4 Å². The third-order valence-corrected chi connectivity index (χ3v) is 5.81. The fraction of sp³-hybridized carbons (Fsp3) is 0.167. The lowest BCUT2D eigenvalue weighted by molar-refractivity contribution is 0.106. The van der Waals surface area contributed by atoms with Crippen LogP contribution in [0.1, 0.15) is 35.3 Å². The van der Waals surface area contributed by atoms with Crippen molar-refractivity contribution in [2.24, 2.45) is 4.99 Å². The Bertz CT molecular complexity index is 1220. The Morgan fingerprint density at radius 3 is 2.31 bits per heavy atom. The summed E-state index contributed by atoms with van der Waals surface area (Å²) in [6.07, 6.45) is 5.22. The molecule has 0 saturated heterocycles. The maximum Gasteiger partial charge on any atom is 0.214 e. The first-order valence-electron chi connectivity index (χ1n) is 9.57. The average Bonchev–Trinajstić information content (AvgIpc) is 2.94.